The molecular weight excluding hydrogens is 296 g/mol. The van der Waals surface area contributed by atoms with Gasteiger partial charge in [0.1, 0.15) is 0 Å². The van der Waals surface area contributed by atoms with E-state index in [2.05, 4.69) is 24.4 Å². The topological polar surface area (TPSA) is 41.5 Å². The zero-order chi connectivity index (χ0) is 17.7. The largest absolute Gasteiger partial charge is 0.273 e. The van der Waals surface area contributed by atoms with E-state index in [0.717, 1.165) is 12.8 Å². The van der Waals surface area contributed by atoms with Crippen LogP contribution in [0.25, 0.3) is 0 Å². The third-order valence-electron chi connectivity index (χ3n) is 4.47. The van der Waals surface area contributed by atoms with Crippen molar-refractivity contribution in [2.75, 3.05) is 0 Å². The Bertz CT molecular complexity index is 290. The average molecular weight is 339 g/mol. The van der Waals surface area contributed by atoms with Crippen LogP contribution in [0.3, 0.4) is 0 Å². The summed E-state index contributed by atoms with van der Waals surface area (Å²) < 4.78 is 0. The van der Waals surface area contributed by atoms with Crippen molar-refractivity contribution < 1.29 is 4.79 Å². The Hall–Kier alpha value is -0.860. The molecule has 0 unspecified atom stereocenters. The fourth-order valence-electron chi connectivity index (χ4n) is 2.85. The first-order chi connectivity index (χ1) is 11.8. The molecule has 0 aromatic carbocycles. The molecule has 0 spiro atoms. The zero-order valence-corrected chi connectivity index (χ0v) is 16.5. The van der Waals surface area contributed by atoms with Crippen LogP contribution in [-0.2, 0) is 4.79 Å². The highest BCUT2D eigenvalue weighted by Crippen LogP contribution is 2.10. The number of hydrogen-bond donors (Lipinski definition) is 1. The van der Waals surface area contributed by atoms with Crippen LogP contribution in [0.2, 0.25) is 0 Å². The second-order valence-electron chi connectivity index (χ2n) is 6.98. The molecule has 0 aliphatic carbocycles. The number of hydrogen-bond acceptors (Lipinski definition) is 2. The summed E-state index contributed by atoms with van der Waals surface area (Å²) in [4.78, 5) is 11.6. The number of nitrogens with zero attached hydrogens (tertiary/aromatic N) is 1. The van der Waals surface area contributed by atoms with Gasteiger partial charge in [-0.25, -0.2) is 5.43 Å². The molecule has 0 radical (unpaired) electrons. The van der Waals surface area contributed by atoms with E-state index in [-0.39, 0.29) is 5.91 Å². The predicted molar refractivity (Wildman–Crippen MR) is 106 cm³/mol. The van der Waals surface area contributed by atoms with E-state index in [1.807, 2.05) is 6.21 Å². The third-order valence-corrected chi connectivity index (χ3v) is 4.47. The van der Waals surface area contributed by atoms with Gasteiger partial charge in [-0.3, -0.25) is 4.79 Å². The van der Waals surface area contributed by atoms with Gasteiger partial charge in [-0.05, 0) is 19.3 Å². The van der Waals surface area contributed by atoms with Crippen LogP contribution >= 0.6 is 0 Å². The zero-order valence-electron chi connectivity index (χ0n) is 16.5. The Labute approximate surface area is 151 Å². The van der Waals surface area contributed by atoms with Crippen molar-refractivity contribution in [3.8, 4) is 0 Å². The standard InChI is InChI=1S/C21H42N2O/c1-3-5-7-9-11-12-13-15-17-19-21(24)23-22-20-18-16-14-10-8-6-4-2/h20H,3-19H2,1-2H3,(H,23,24). The summed E-state index contributed by atoms with van der Waals surface area (Å²) in [5, 5.41) is 4.04. The highest BCUT2D eigenvalue weighted by atomic mass is 16.2. The van der Waals surface area contributed by atoms with Crippen molar-refractivity contribution in [2.24, 2.45) is 5.10 Å². The molecule has 0 bridgehead atoms. The Morgan fingerprint density at radius 1 is 0.708 bits per heavy atom. The van der Waals surface area contributed by atoms with Crippen molar-refractivity contribution in [1.82, 2.24) is 5.43 Å². The Kier molecular flexibility index (Phi) is 19.5. The van der Waals surface area contributed by atoms with Crippen molar-refractivity contribution in [3.63, 3.8) is 0 Å². The number of carbonyl (C=O) groups excluding carboxylic acids is 1. The van der Waals surface area contributed by atoms with E-state index in [0.29, 0.717) is 6.42 Å². The Balaban J connectivity index is 3.24. The van der Waals surface area contributed by atoms with Gasteiger partial charge < -0.3 is 0 Å². The van der Waals surface area contributed by atoms with Gasteiger partial charge in [0.25, 0.3) is 0 Å². The maximum atomic E-state index is 11.6. The average Bonchev–Trinajstić information content (AvgIpc) is 2.59. The van der Waals surface area contributed by atoms with Gasteiger partial charge in [-0.1, -0.05) is 97.3 Å². The van der Waals surface area contributed by atoms with Crippen molar-refractivity contribution >= 4 is 12.1 Å². The molecule has 0 aliphatic rings. The summed E-state index contributed by atoms with van der Waals surface area (Å²) in [5.74, 6) is 0.0668. The molecule has 0 aromatic rings. The highest BCUT2D eigenvalue weighted by molar-refractivity contribution is 5.76. The first-order valence-electron chi connectivity index (χ1n) is 10.6. The number of amides is 1. The van der Waals surface area contributed by atoms with Gasteiger partial charge in [-0.2, -0.15) is 5.10 Å². The van der Waals surface area contributed by atoms with Gasteiger partial charge in [-0.15, -0.1) is 0 Å². The van der Waals surface area contributed by atoms with Gasteiger partial charge in [0, 0.05) is 12.6 Å². The van der Waals surface area contributed by atoms with Crippen LogP contribution in [0.1, 0.15) is 123 Å². The monoisotopic (exact) mass is 338 g/mol. The molecule has 142 valence electrons. The Morgan fingerprint density at radius 3 is 1.71 bits per heavy atom. The molecule has 0 atom stereocenters. The molecule has 3 nitrogen and oxygen atoms in total. The number of hydrazone groups is 1. The molecule has 0 aromatic heterocycles. The van der Waals surface area contributed by atoms with Crippen LogP contribution < -0.4 is 5.43 Å². The Morgan fingerprint density at radius 2 is 1.17 bits per heavy atom. The highest BCUT2D eigenvalue weighted by Gasteiger charge is 1.99. The lowest BCUT2D eigenvalue weighted by atomic mass is 10.1. The molecule has 1 N–H and O–H groups in total. The minimum Gasteiger partial charge on any atom is -0.273 e. The lowest BCUT2D eigenvalue weighted by molar-refractivity contribution is -0.121. The van der Waals surface area contributed by atoms with Crippen LogP contribution in [0, 0.1) is 0 Å². The molecule has 3 heteroatoms. The summed E-state index contributed by atoms with van der Waals surface area (Å²) >= 11 is 0. The van der Waals surface area contributed by atoms with Gasteiger partial charge in [0.15, 0.2) is 0 Å². The van der Waals surface area contributed by atoms with Gasteiger partial charge in [0.05, 0.1) is 0 Å². The summed E-state index contributed by atoms with van der Waals surface area (Å²) in [6.07, 6.45) is 22.8. The first-order valence-corrected chi connectivity index (χ1v) is 10.6. The predicted octanol–water partition coefficient (Wildman–Crippen LogP) is 6.76. The molecule has 0 aliphatic heterocycles. The van der Waals surface area contributed by atoms with E-state index in [1.54, 1.807) is 0 Å². The fraction of sp³-hybridized carbons (Fsp3) is 0.905. The lowest BCUT2D eigenvalue weighted by Gasteiger charge is -2.02. The normalized spacial score (nSPS) is 11.2. The number of unbranched alkanes of at least 4 members (excludes halogenated alkanes) is 14. The van der Waals surface area contributed by atoms with E-state index in [4.69, 9.17) is 0 Å². The number of nitrogens with one attached hydrogen (secondary N) is 1. The van der Waals surface area contributed by atoms with Crippen LogP contribution in [0.5, 0.6) is 0 Å². The van der Waals surface area contributed by atoms with Crippen molar-refractivity contribution in [3.05, 3.63) is 0 Å². The number of carbonyl (C=O) groups is 1. The van der Waals surface area contributed by atoms with E-state index in [1.165, 1.54) is 89.9 Å². The van der Waals surface area contributed by atoms with Crippen LogP contribution in [-0.4, -0.2) is 12.1 Å². The SMILES string of the molecule is CCCCCCCCC=NNC(=O)CCCCCCCCCCC. The molecule has 24 heavy (non-hydrogen) atoms. The maximum Gasteiger partial charge on any atom is 0.240 e. The fourth-order valence-corrected chi connectivity index (χ4v) is 2.85. The molecule has 0 saturated heterocycles. The minimum atomic E-state index is 0.0668. The molecule has 0 fully saturated rings. The summed E-state index contributed by atoms with van der Waals surface area (Å²) in [7, 11) is 0. The minimum absolute atomic E-state index is 0.0668. The van der Waals surface area contributed by atoms with Crippen molar-refractivity contribution in [1.29, 1.82) is 0 Å². The van der Waals surface area contributed by atoms with E-state index in [9.17, 15) is 4.79 Å². The van der Waals surface area contributed by atoms with E-state index < -0.39 is 0 Å². The summed E-state index contributed by atoms with van der Waals surface area (Å²) in [6, 6.07) is 0. The summed E-state index contributed by atoms with van der Waals surface area (Å²) in [6.45, 7) is 4.49. The number of rotatable bonds is 18. The van der Waals surface area contributed by atoms with E-state index >= 15 is 0 Å². The second-order valence-corrected chi connectivity index (χ2v) is 6.98. The van der Waals surface area contributed by atoms with Crippen molar-refractivity contribution in [2.45, 2.75) is 123 Å². The second kappa shape index (κ2) is 20.2. The first kappa shape index (κ1) is 23.1. The molecular formula is C21H42N2O. The maximum absolute atomic E-state index is 11.6. The molecule has 0 heterocycles. The van der Waals surface area contributed by atoms with Gasteiger partial charge >= 0.3 is 0 Å². The quantitative estimate of drug-likeness (QED) is 0.167. The molecule has 1 amide bonds. The lowest BCUT2D eigenvalue weighted by Crippen LogP contribution is -2.16. The van der Waals surface area contributed by atoms with Crippen LogP contribution in [0.4, 0.5) is 0 Å². The summed E-state index contributed by atoms with van der Waals surface area (Å²) in [5.41, 5.74) is 2.65. The smallest absolute Gasteiger partial charge is 0.240 e. The molecule has 0 rings (SSSR count). The third kappa shape index (κ3) is 19.2. The molecule has 0 saturated carbocycles. The van der Waals surface area contributed by atoms with Crippen LogP contribution in [0.15, 0.2) is 5.10 Å². The van der Waals surface area contributed by atoms with Gasteiger partial charge in [0.2, 0.25) is 5.91 Å².